The molecule has 55 heavy (non-hydrogen) atoms. The van der Waals surface area contributed by atoms with Crippen LogP contribution in [0.1, 0.15) is 49.3 Å². The first-order valence-corrected chi connectivity index (χ1v) is 20.0. The third-order valence-electron chi connectivity index (χ3n) is 11.3. The highest BCUT2D eigenvalue weighted by molar-refractivity contribution is 7.13. The molecule has 1 N–H and O–H groups in total. The highest BCUT2D eigenvalue weighted by Crippen LogP contribution is 2.48. The van der Waals surface area contributed by atoms with Crippen molar-refractivity contribution in [3.05, 3.63) is 149 Å². The predicted octanol–water partition coefficient (Wildman–Crippen LogP) is 10.0. The normalized spacial score (nSPS) is 19.4. The highest BCUT2D eigenvalue weighted by atomic mass is 35.5. The molecule has 7 aromatic rings. The van der Waals surface area contributed by atoms with Crippen LogP contribution in [0.15, 0.2) is 121 Å². The summed E-state index contributed by atoms with van der Waals surface area (Å²) in [5, 5.41) is 5.59. The summed E-state index contributed by atoms with van der Waals surface area (Å²) in [6, 6.07) is 34.2. The van der Waals surface area contributed by atoms with Gasteiger partial charge in [0.25, 0.3) is 0 Å². The van der Waals surface area contributed by atoms with Gasteiger partial charge < -0.3 is 14.6 Å². The molecule has 4 aromatic heterocycles. The zero-order valence-electron chi connectivity index (χ0n) is 30.1. The average molecular weight is 769 g/mol. The number of fused-ring (bicyclic) bond motifs is 4. The first-order valence-electron chi connectivity index (χ1n) is 18.7. The Balaban J connectivity index is 1.29. The van der Waals surface area contributed by atoms with E-state index in [1.54, 1.807) is 0 Å². The number of rotatable bonds is 10. The number of esters is 1. The van der Waals surface area contributed by atoms with Gasteiger partial charge >= 0.3 is 5.97 Å². The second kappa shape index (κ2) is 14.7. The molecule has 2 bridgehead atoms. The lowest BCUT2D eigenvalue weighted by molar-refractivity contribution is -0.154. The summed E-state index contributed by atoms with van der Waals surface area (Å²) in [4.78, 5) is 33.7. The zero-order chi connectivity index (χ0) is 37.5. The summed E-state index contributed by atoms with van der Waals surface area (Å²) in [7, 11) is 0. The Labute approximate surface area is 327 Å². The van der Waals surface area contributed by atoms with Crippen molar-refractivity contribution in [3.8, 4) is 22.0 Å². The molecule has 11 heteroatoms. The Morgan fingerprint density at radius 3 is 2.07 bits per heavy atom. The molecule has 10 rings (SSSR count). The Morgan fingerprint density at radius 2 is 1.49 bits per heavy atom. The van der Waals surface area contributed by atoms with Crippen LogP contribution in [-0.2, 0) is 15.1 Å². The maximum Gasteiger partial charge on any atom is 0.311 e. The summed E-state index contributed by atoms with van der Waals surface area (Å²) in [5.41, 5.74) is 3.73. The predicted molar refractivity (Wildman–Crippen MR) is 214 cm³/mol. The number of hydrogen-bond acceptors (Lipinski definition) is 8. The maximum absolute atomic E-state index is 16.9. The Hall–Kier alpha value is -5.45. The molecular formula is C44H38ClFN6O2S. The molecule has 4 heterocycles. The Kier molecular flexibility index (Phi) is 9.40. The summed E-state index contributed by atoms with van der Waals surface area (Å²) in [5.74, 6) is -0.540. The van der Waals surface area contributed by atoms with E-state index < -0.39 is 17.3 Å². The number of hydrogen-bond donors (Lipinski definition) is 1. The van der Waals surface area contributed by atoms with Crippen LogP contribution in [0.25, 0.3) is 33.1 Å². The summed E-state index contributed by atoms with van der Waals surface area (Å²) in [6.07, 6.45) is 7.31. The molecule has 0 unspecified atom stereocenters. The van der Waals surface area contributed by atoms with Gasteiger partial charge in [0.05, 0.1) is 29.2 Å². The number of nitrogens with zero attached hydrogens (tertiary/aromatic N) is 5. The Bertz CT molecular complexity index is 2360. The molecule has 3 aliphatic rings. The minimum Gasteiger partial charge on any atom is -0.466 e. The fourth-order valence-corrected chi connectivity index (χ4v) is 9.81. The number of halogens is 2. The van der Waals surface area contributed by atoms with Crippen LogP contribution in [-0.4, -0.2) is 43.1 Å². The molecule has 8 nitrogen and oxygen atoms in total. The highest BCUT2D eigenvalue weighted by Gasteiger charge is 2.48. The first-order chi connectivity index (χ1) is 27.0. The fourth-order valence-electron chi connectivity index (χ4n) is 8.97. The first kappa shape index (κ1) is 35.3. The quantitative estimate of drug-likeness (QED) is 0.109. The Morgan fingerprint density at radius 1 is 0.873 bits per heavy atom. The van der Waals surface area contributed by atoms with Crippen molar-refractivity contribution in [2.45, 2.75) is 44.2 Å². The van der Waals surface area contributed by atoms with Crippen LogP contribution in [0.4, 0.5) is 10.2 Å². The number of carbonyl (C=O) groups excluding carboxylic acids is 1. The SMILES string of the molecule is CCOC(=O)[C@H]1C2CCC(CC2)[C@@H]1Nc1nc(-c2cn(C(c3ccccc3)(c3ccccc3)c3ccccc3)c3nc(Cl)cnc23)nc(-c2cccs2)c1F. The number of nitrogens with one attached hydrogen (secondary N) is 1. The lowest BCUT2D eigenvalue weighted by Crippen LogP contribution is -2.52. The minimum atomic E-state index is -0.953. The van der Waals surface area contributed by atoms with Crippen LogP contribution in [0, 0.1) is 23.6 Å². The van der Waals surface area contributed by atoms with Crippen molar-refractivity contribution >= 4 is 45.9 Å². The van der Waals surface area contributed by atoms with Crippen molar-refractivity contribution in [3.63, 3.8) is 0 Å². The van der Waals surface area contributed by atoms with Gasteiger partial charge in [-0.3, -0.25) is 4.79 Å². The summed E-state index contributed by atoms with van der Waals surface area (Å²) >= 11 is 8.06. The molecule has 276 valence electrons. The fraction of sp³-hybridized carbons (Fsp3) is 0.250. The van der Waals surface area contributed by atoms with Crippen molar-refractivity contribution in [2.24, 2.45) is 17.8 Å². The maximum atomic E-state index is 16.9. The number of anilines is 1. The van der Waals surface area contributed by atoms with E-state index in [9.17, 15) is 4.79 Å². The van der Waals surface area contributed by atoms with Crippen molar-refractivity contribution in [1.29, 1.82) is 0 Å². The molecule has 3 saturated carbocycles. The third kappa shape index (κ3) is 6.08. The molecule has 2 atom stereocenters. The van der Waals surface area contributed by atoms with Crippen LogP contribution < -0.4 is 5.32 Å². The van der Waals surface area contributed by atoms with E-state index in [-0.39, 0.29) is 46.3 Å². The standard InChI is InChI=1S/C44H38ClFN6O2S/c1-2-54-43(53)35-27-20-22-28(23-21-27)37(35)49-41-36(46)39(33-19-12-24-55-33)50-40(51-41)32-26-52(42-38(32)47-25-34(45)48-42)44(29-13-6-3-7-14-29,30-15-8-4-9-16-30)31-17-10-5-11-18-31/h3-19,24-28,35,37H,2,20-23H2,1H3,(H,49,50,51)/t27?,28?,35-,37-/m0/s1. The second-order valence-corrected chi connectivity index (χ2v) is 15.6. The van der Waals surface area contributed by atoms with E-state index in [1.807, 2.05) is 85.2 Å². The largest absolute Gasteiger partial charge is 0.466 e. The van der Waals surface area contributed by atoms with Gasteiger partial charge in [0.1, 0.15) is 21.9 Å². The van der Waals surface area contributed by atoms with Gasteiger partial charge in [-0.1, -0.05) is 109 Å². The van der Waals surface area contributed by atoms with Crippen molar-refractivity contribution < 1.29 is 13.9 Å². The van der Waals surface area contributed by atoms with E-state index in [0.717, 1.165) is 42.4 Å². The number of ether oxygens (including phenoxy) is 1. The number of thiophene rings is 1. The summed E-state index contributed by atoms with van der Waals surface area (Å²) < 4.78 is 24.6. The van der Waals surface area contributed by atoms with Gasteiger partial charge in [0.2, 0.25) is 0 Å². The minimum absolute atomic E-state index is 0.0449. The average Bonchev–Trinajstić information content (AvgIpc) is 3.90. The van der Waals surface area contributed by atoms with Crippen molar-refractivity contribution in [1.82, 2.24) is 24.5 Å². The lowest BCUT2D eigenvalue weighted by Gasteiger charge is -2.47. The smallest absolute Gasteiger partial charge is 0.311 e. The number of benzene rings is 3. The molecule has 0 aliphatic heterocycles. The molecule has 3 aliphatic carbocycles. The van der Waals surface area contributed by atoms with E-state index in [0.29, 0.717) is 28.2 Å². The van der Waals surface area contributed by atoms with Crippen LogP contribution >= 0.6 is 22.9 Å². The molecule has 0 radical (unpaired) electrons. The van der Waals surface area contributed by atoms with E-state index >= 15 is 4.39 Å². The molecule has 3 fully saturated rings. The summed E-state index contributed by atoms with van der Waals surface area (Å²) in [6.45, 7) is 2.11. The lowest BCUT2D eigenvalue weighted by atomic mass is 9.61. The molecule has 3 aromatic carbocycles. The van der Waals surface area contributed by atoms with Crippen LogP contribution in [0.2, 0.25) is 5.15 Å². The van der Waals surface area contributed by atoms with Gasteiger partial charge in [-0.2, -0.15) is 0 Å². The van der Waals surface area contributed by atoms with Gasteiger partial charge in [-0.15, -0.1) is 11.3 Å². The van der Waals surface area contributed by atoms with Gasteiger partial charge in [-0.25, -0.2) is 24.3 Å². The number of aromatic nitrogens is 5. The monoisotopic (exact) mass is 768 g/mol. The molecule has 0 saturated heterocycles. The number of carbonyl (C=O) groups is 1. The zero-order valence-corrected chi connectivity index (χ0v) is 31.7. The van der Waals surface area contributed by atoms with Crippen LogP contribution in [0.3, 0.4) is 0 Å². The molecular weight excluding hydrogens is 731 g/mol. The van der Waals surface area contributed by atoms with Gasteiger partial charge in [0, 0.05) is 12.2 Å². The van der Waals surface area contributed by atoms with Crippen molar-refractivity contribution in [2.75, 3.05) is 11.9 Å². The van der Waals surface area contributed by atoms with E-state index in [2.05, 4.69) is 46.3 Å². The topological polar surface area (TPSA) is 94.8 Å². The molecule has 0 spiro atoms. The third-order valence-corrected chi connectivity index (χ3v) is 12.4. The van der Waals surface area contributed by atoms with Crippen LogP contribution in [0.5, 0.6) is 0 Å². The van der Waals surface area contributed by atoms with E-state index in [4.69, 9.17) is 36.3 Å². The molecule has 0 amide bonds. The van der Waals surface area contributed by atoms with Gasteiger partial charge in [-0.05, 0) is 72.6 Å². The van der Waals surface area contributed by atoms with Gasteiger partial charge in [0.15, 0.2) is 23.1 Å². The second-order valence-electron chi connectivity index (χ2n) is 14.2. The van der Waals surface area contributed by atoms with E-state index in [1.165, 1.54) is 17.5 Å².